The number of carbonyl (C=O) groups excluding carboxylic acids is 1. The van der Waals surface area contributed by atoms with Gasteiger partial charge in [0.25, 0.3) is 0 Å². The van der Waals surface area contributed by atoms with Crippen LogP contribution in [0.4, 0.5) is 4.79 Å². The smallest absolute Gasteiger partial charge is 0.318 e. The molecule has 3 heterocycles. The van der Waals surface area contributed by atoms with E-state index in [0.717, 1.165) is 17.8 Å². The van der Waals surface area contributed by atoms with Gasteiger partial charge in [-0.15, -0.1) is 0 Å². The molecule has 4 nitrogen and oxygen atoms in total. The average Bonchev–Trinajstić information content (AvgIpc) is 2.56. The van der Waals surface area contributed by atoms with Crippen LogP contribution in [-0.2, 0) is 0 Å². The molecular weight excluding hydrogens is 190 g/mol. The second-order valence-corrected chi connectivity index (χ2v) is 3.78. The van der Waals surface area contributed by atoms with Crippen LogP contribution in [0.1, 0.15) is 5.69 Å². The highest BCUT2D eigenvalue weighted by atomic mass is 16.2. The molecule has 4 heteroatoms. The highest BCUT2D eigenvalue weighted by molar-refractivity contribution is 5.84. The summed E-state index contributed by atoms with van der Waals surface area (Å²) in [6, 6.07) is 5.98. The van der Waals surface area contributed by atoms with Gasteiger partial charge in [0.2, 0.25) is 0 Å². The van der Waals surface area contributed by atoms with E-state index < -0.39 is 0 Å². The second kappa shape index (κ2) is 3.08. The molecule has 15 heavy (non-hydrogen) atoms. The number of amides is 2. The molecule has 2 aliphatic rings. The molecule has 1 N–H and O–H groups in total. The first-order chi connectivity index (χ1) is 7.34. The zero-order valence-corrected chi connectivity index (χ0v) is 8.18. The maximum Gasteiger partial charge on any atom is 0.318 e. The van der Waals surface area contributed by atoms with Crippen molar-refractivity contribution in [3.05, 3.63) is 36.2 Å². The van der Waals surface area contributed by atoms with E-state index in [1.807, 2.05) is 18.2 Å². The Balaban J connectivity index is 1.96. The third kappa shape index (κ3) is 1.29. The Labute approximate surface area is 87.6 Å². The van der Waals surface area contributed by atoms with Crippen molar-refractivity contribution >= 4 is 11.6 Å². The summed E-state index contributed by atoms with van der Waals surface area (Å²) in [5.74, 6) is 0. The number of pyridine rings is 1. The van der Waals surface area contributed by atoms with Crippen molar-refractivity contribution in [1.82, 2.24) is 15.2 Å². The number of urea groups is 1. The Morgan fingerprint density at radius 3 is 3.20 bits per heavy atom. The maximum atomic E-state index is 11.4. The summed E-state index contributed by atoms with van der Waals surface area (Å²) in [6.07, 6.45) is 3.85. The SMILES string of the molecule is O=C1NC2CN1CC=C2c1ccccn1. The summed E-state index contributed by atoms with van der Waals surface area (Å²) in [4.78, 5) is 17.5. The van der Waals surface area contributed by atoms with E-state index in [0.29, 0.717) is 6.54 Å². The lowest BCUT2D eigenvalue weighted by Crippen LogP contribution is -2.29. The summed E-state index contributed by atoms with van der Waals surface area (Å²) < 4.78 is 0. The molecule has 0 aromatic carbocycles. The molecular formula is C11H11N3O. The van der Waals surface area contributed by atoms with Gasteiger partial charge in [0.1, 0.15) is 0 Å². The Hall–Kier alpha value is -1.84. The van der Waals surface area contributed by atoms with E-state index in [1.54, 1.807) is 11.1 Å². The summed E-state index contributed by atoms with van der Waals surface area (Å²) >= 11 is 0. The fourth-order valence-electron chi connectivity index (χ4n) is 2.09. The number of nitrogens with zero attached hydrogens (tertiary/aromatic N) is 2. The van der Waals surface area contributed by atoms with Gasteiger partial charge in [-0.05, 0) is 17.7 Å². The van der Waals surface area contributed by atoms with Gasteiger partial charge in [0, 0.05) is 19.3 Å². The van der Waals surface area contributed by atoms with E-state index in [-0.39, 0.29) is 12.1 Å². The summed E-state index contributed by atoms with van der Waals surface area (Å²) in [5.41, 5.74) is 2.10. The first-order valence-corrected chi connectivity index (χ1v) is 5.01. The monoisotopic (exact) mass is 201 g/mol. The summed E-state index contributed by atoms with van der Waals surface area (Å²) in [7, 11) is 0. The molecule has 0 saturated carbocycles. The van der Waals surface area contributed by atoms with Gasteiger partial charge in [0.05, 0.1) is 11.7 Å². The number of nitrogens with one attached hydrogen (secondary N) is 1. The van der Waals surface area contributed by atoms with Crippen LogP contribution in [0.25, 0.3) is 5.57 Å². The van der Waals surface area contributed by atoms with Crippen molar-refractivity contribution in [2.75, 3.05) is 13.1 Å². The van der Waals surface area contributed by atoms with Crippen molar-refractivity contribution in [3.63, 3.8) is 0 Å². The predicted molar refractivity (Wildman–Crippen MR) is 56.1 cm³/mol. The van der Waals surface area contributed by atoms with Crippen molar-refractivity contribution in [2.24, 2.45) is 0 Å². The fourth-order valence-corrected chi connectivity index (χ4v) is 2.09. The van der Waals surface area contributed by atoms with Crippen molar-refractivity contribution in [1.29, 1.82) is 0 Å². The number of aromatic nitrogens is 1. The van der Waals surface area contributed by atoms with Crippen LogP contribution < -0.4 is 5.32 Å². The lowest BCUT2D eigenvalue weighted by Gasteiger charge is -2.20. The molecule has 0 radical (unpaired) electrons. The Bertz CT molecular complexity index is 427. The molecule has 0 spiro atoms. The Kier molecular flexibility index (Phi) is 1.74. The minimum atomic E-state index is 0.0298. The molecule has 1 saturated heterocycles. The van der Waals surface area contributed by atoms with Gasteiger partial charge in [-0.25, -0.2) is 4.79 Å². The van der Waals surface area contributed by atoms with E-state index in [2.05, 4.69) is 16.4 Å². The van der Waals surface area contributed by atoms with E-state index >= 15 is 0 Å². The minimum Gasteiger partial charge on any atom is -0.329 e. The normalized spacial score (nSPS) is 23.7. The molecule has 1 aromatic rings. The van der Waals surface area contributed by atoms with Crippen LogP contribution in [-0.4, -0.2) is 35.0 Å². The molecule has 2 aliphatic heterocycles. The lowest BCUT2D eigenvalue weighted by molar-refractivity contribution is 0.222. The Morgan fingerprint density at radius 1 is 1.47 bits per heavy atom. The van der Waals surface area contributed by atoms with Gasteiger partial charge in [-0.3, -0.25) is 4.98 Å². The maximum absolute atomic E-state index is 11.4. The molecule has 0 aliphatic carbocycles. The van der Waals surface area contributed by atoms with E-state index in [9.17, 15) is 4.79 Å². The largest absolute Gasteiger partial charge is 0.329 e. The molecule has 1 aromatic heterocycles. The van der Waals surface area contributed by atoms with Crippen LogP contribution in [0.2, 0.25) is 0 Å². The van der Waals surface area contributed by atoms with Crippen molar-refractivity contribution in [3.8, 4) is 0 Å². The molecule has 3 rings (SSSR count). The van der Waals surface area contributed by atoms with E-state index in [4.69, 9.17) is 0 Å². The first-order valence-electron chi connectivity index (χ1n) is 5.01. The third-order valence-corrected chi connectivity index (χ3v) is 2.86. The first kappa shape index (κ1) is 8.47. The van der Waals surface area contributed by atoms with Gasteiger partial charge >= 0.3 is 6.03 Å². The topological polar surface area (TPSA) is 45.2 Å². The van der Waals surface area contributed by atoms with Gasteiger partial charge in [0.15, 0.2) is 0 Å². The third-order valence-electron chi connectivity index (χ3n) is 2.86. The van der Waals surface area contributed by atoms with Crippen LogP contribution in [0.3, 0.4) is 0 Å². The summed E-state index contributed by atoms with van der Waals surface area (Å²) in [6.45, 7) is 1.45. The number of hydrogen-bond acceptors (Lipinski definition) is 2. The predicted octanol–water partition coefficient (Wildman–Crippen LogP) is 0.872. The zero-order chi connectivity index (χ0) is 10.3. The Morgan fingerprint density at radius 2 is 2.40 bits per heavy atom. The average molecular weight is 201 g/mol. The highest BCUT2D eigenvalue weighted by Gasteiger charge is 2.34. The molecule has 2 bridgehead atoms. The number of hydrogen-bond donors (Lipinski definition) is 1. The number of carbonyl (C=O) groups is 1. The van der Waals surface area contributed by atoms with Gasteiger partial charge in [-0.1, -0.05) is 12.1 Å². The molecule has 76 valence electrons. The van der Waals surface area contributed by atoms with Crippen LogP contribution >= 0.6 is 0 Å². The molecule has 1 unspecified atom stereocenters. The number of rotatable bonds is 1. The fraction of sp³-hybridized carbons (Fsp3) is 0.273. The van der Waals surface area contributed by atoms with E-state index in [1.165, 1.54) is 0 Å². The highest BCUT2D eigenvalue weighted by Crippen LogP contribution is 2.24. The lowest BCUT2D eigenvalue weighted by atomic mass is 10.0. The van der Waals surface area contributed by atoms with Crippen LogP contribution in [0.15, 0.2) is 30.5 Å². The van der Waals surface area contributed by atoms with Crippen molar-refractivity contribution < 1.29 is 4.79 Å². The zero-order valence-electron chi connectivity index (χ0n) is 8.18. The number of fused-ring (bicyclic) bond motifs is 2. The van der Waals surface area contributed by atoms with Crippen LogP contribution in [0.5, 0.6) is 0 Å². The molecule has 2 amide bonds. The minimum absolute atomic E-state index is 0.0298. The van der Waals surface area contributed by atoms with Gasteiger partial charge in [-0.2, -0.15) is 0 Å². The quantitative estimate of drug-likeness (QED) is 0.732. The van der Waals surface area contributed by atoms with Crippen LogP contribution in [0, 0.1) is 0 Å². The standard InChI is InChI=1S/C11H11N3O/c15-11-13-10-7-14(11)6-4-8(10)9-3-1-2-5-12-9/h1-5,10H,6-7H2,(H,13,15). The molecule has 1 fully saturated rings. The summed E-state index contributed by atoms with van der Waals surface area (Å²) in [5, 5.41) is 2.94. The van der Waals surface area contributed by atoms with Gasteiger partial charge < -0.3 is 10.2 Å². The molecule has 1 atom stereocenters. The van der Waals surface area contributed by atoms with Crippen molar-refractivity contribution in [2.45, 2.75) is 6.04 Å². The second-order valence-electron chi connectivity index (χ2n) is 3.78.